The molecule has 0 atom stereocenters. The number of alkyl halides is 3. The Bertz CT molecular complexity index is 1790. The molecule has 7 nitrogen and oxygen atoms in total. The summed E-state index contributed by atoms with van der Waals surface area (Å²) in [6.45, 7) is 1.86. The molecule has 1 aliphatic heterocycles. The molecule has 12 heteroatoms. The van der Waals surface area contributed by atoms with Gasteiger partial charge in [0.1, 0.15) is 13.2 Å². The zero-order valence-corrected chi connectivity index (χ0v) is 26.1. The molecule has 1 fully saturated rings. The number of anilines is 1. The Balaban J connectivity index is 1.29. The highest BCUT2D eigenvalue weighted by atomic mass is 127. The monoisotopic (exact) mass is 732 g/mol. The fraction of sp³-hybridized carbons (Fsp3) is 0.156. The standard InChI is InChI=1S/C32H24F3IN2O5S/c1-2-42-26-14-20(13-25(36)29(26)43-18-19-10-11-21-6-3-4-7-22(21)12-19)15-27-30(40)38(31(41)44-27)17-28(39)37-24-9-5-8-23(16-24)32(33,34)35/h3-16H,2,17-18H2,1H3,(H,37,39)/b27-15-. The molecule has 0 bridgehead atoms. The van der Waals surface area contributed by atoms with Crippen LogP contribution in [0.3, 0.4) is 0 Å². The third-order valence-corrected chi connectivity index (χ3v) is 8.18. The van der Waals surface area contributed by atoms with Crippen LogP contribution < -0.4 is 14.8 Å². The van der Waals surface area contributed by atoms with Crippen LogP contribution in [-0.2, 0) is 22.4 Å². The number of halogens is 4. The lowest BCUT2D eigenvalue weighted by molar-refractivity contribution is -0.137. The minimum absolute atomic E-state index is 0.0879. The van der Waals surface area contributed by atoms with Gasteiger partial charge in [-0.1, -0.05) is 42.5 Å². The first kappa shape index (κ1) is 31.4. The summed E-state index contributed by atoms with van der Waals surface area (Å²) in [5.74, 6) is -0.499. The van der Waals surface area contributed by atoms with E-state index in [2.05, 4.69) is 34.0 Å². The smallest absolute Gasteiger partial charge is 0.416 e. The molecule has 1 saturated heterocycles. The van der Waals surface area contributed by atoms with E-state index in [1.54, 1.807) is 12.1 Å². The van der Waals surface area contributed by atoms with Gasteiger partial charge in [0.15, 0.2) is 11.5 Å². The third-order valence-electron chi connectivity index (χ3n) is 6.48. The van der Waals surface area contributed by atoms with Crippen molar-refractivity contribution in [2.24, 2.45) is 0 Å². The highest BCUT2D eigenvalue weighted by molar-refractivity contribution is 14.1. The summed E-state index contributed by atoms with van der Waals surface area (Å²) in [4.78, 5) is 39.0. The number of hydrogen-bond donors (Lipinski definition) is 1. The molecule has 1 heterocycles. The maximum absolute atomic E-state index is 13.0. The normalized spacial score (nSPS) is 14.4. The van der Waals surface area contributed by atoms with E-state index >= 15 is 0 Å². The van der Waals surface area contributed by atoms with Crippen molar-refractivity contribution < 1.29 is 37.0 Å². The van der Waals surface area contributed by atoms with Crippen LogP contribution in [0.25, 0.3) is 16.8 Å². The van der Waals surface area contributed by atoms with Crippen molar-refractivity contribution in [3.05, 3.63) is 104 Å². The van der Waals surface area contributed by atoms with Crippen LogP contribution >= 0.6 is 34.4 Å². The molecule has 3 amide bonds. The van der Waals surface area contributed by atoms with E-state index in [0.717, 1.165) is 43.0 Å². The van der Waals surface area contributed by atoms with Gasteiger partial charge in [0, 0.05) is 5.69 Å². The molecule has 226 valence electrons. The number of hydrogen-bond acceptors (Lipinski definition) is 6. The van der Waals surface area contributed by atoms with Gasteiger partial charge in [-0.3, -0.25) is 19.3 Å². The average Bonchev–Trinajstić information content (AvgIpc) is 3.23. The number of nitrogens with zero attached hydrogens (tertiary/aromatic N) is 1. The molecule has 44 heavy (non-hydrogen) atoms. The summed E-state index contributed by atoms with van der Waals surface area (Å²) >= 11 is 2.78. The molecule has 0 aliphatic carbocycles. The van der Waals surface area contributed by atoms with Crippen molar-refractivity contribution in [1.29, 1.82) is 0 Å². The van der Waals surface area contributed by atoms with Crippen molar-refractivity contribution in [1.82, 2.24) is 4.90 Å². The molecule has 5 rings (SSSR count). The van der Waals surface area contributed by atoms with Gasteiger partial charge >= 0.3 is 6.18 Å². The summed E-state index contributed by atoms with van der Waals surface area (Å²) in [5, 5.41) is 3.87. The zero-order valence-electron chi connectivity index (χ0n) is 23.1. The molecular weight excluding hydrogens is 708 g/mol. The van der Waals surface area contributed by atoms with E-state index < -0.39 is 35.3 Å². The summed E-state index contributed by atoms with van der Waals surface area (Å²) < 4.78 is 51.7. The third kappa shape index (κ3) is 7.36. The topological polar surface area (TPSA) is 84.9 Å². The van der Waals surface area contributed by atoms with Crippen molar-refractivity contribution >= 4 is 73.9 Å². The first-order chi connectivity index (χ1) is 21.0. The molecule has 4 aromatic rings. The molecule has 1 aliphatic rings. The maximum atomic E-state index is 13.0. The van der Waals surface area contributed by atoms with Crippen LogP contribution in [0.2, 0.25) is 0 Å². The van der Waals surface area contributed by atoms with Gasteiger partial charge < -0.3 is 14.8 Å². The molecule has 0 spiro atoms. The number of rotatable bonds is 9. The van der Waals surface area contributed by atoms with E-state index in [0.29, 0.717) is 42.0 Å². The number of carbonyl (C=O) groups is 3. The second kappa shape index (κ2) is 13.3. The van der Waals surface area contributed by atoms with Crippen molar-refractivity contribution in [3.8, 4) is 11.5 Å². The Morgan fingerprint density at radius 3 is 2.50 bits per heavy atom. The molecule has 1 N–H and O–H groups in total. The molecule has 4 aromatic carbocycles. The predicted molar refractivity (Wildman–Crippen MR) is 171 cm³/mol. The summed E-state index contributed by atoms with van der Waals surface area (Å²) in [5.41, 5.74) is 0.524. The highest BCUT2D eigenvalue weighted by Crippen LogP contribution is 2.38. The van der Waals surface area contributed by atoms with Gasteiger partial charge in [0.25, 0.3) is 11.1 Å². The van der Waals surface area contributed by atoms with Gasteiger partial charge in [0.05, 0.1) is 20.6 Å². The second-order valence-electron chi connectivity index (χ2n) is 9.63. The van der Waals surface area contributed by atoms with Crippen molar-refractivity contribution in [2.45, 2.75) is 19.7 Å². The minimum Gasteiger partial charge on any atom is -0.490 e. The van der Waals surface area contributed by atoms with Gasteiger partial charge in [-0.25, -0.2) is 0 Å². The van der Waals surface area contributed by atoms with Crippen LogP contribution in [0.5, 0.6) is 11.5 Å². The second-order valence-corrected chi connectivity index (χ2v) is 11.8. The van der Waals surface area contributed by atoms with Crippen LogP contribution in [0.15, 0.2) is 83.8 Å². The molecule has 0 unspecified atom stereocenters. The lowest BCUT2D eigenvalue weighted by atomic mass is 10.1. The first-order valence-electron chi connectivity index (χ1n) is 13.3. The van der Waals surface area contributed by atoms with Gasteiger partial charge in [-0.05, 0) is 106 Å². The number of amides is 3. The summed E-state index contributed by atoms with van der Waals surface area (Å²) in [7, 11) is 0. The van der Waals surface area contributed by atoms with E-state index in [-0.39, 0.29) is 10.6 Å². The predicted octanol–water partition coefficient (Wildman–Crippen LogP) is 8.12. The first-order valence-corrected chi connectivity index (χ1v) is 15.2. The van der Waals surface area contributed by atoms with E-state index in [4.69, 9.17) is 9.47 Å². The Morgan fingerprint density at radius 1 is 0.977 bits per heavy atom. The minimum atomic E-state index is -4.58. The van der Waals surface area contributed by atoms with Crippen LogP contribution in [0.4, 0.5) is 23.7 Å². The van der Waals surface area contributed by atoms with E-state index in [1.807, 2.05) is 43.3 Å². The number of carbonyl (C=O) groups excluding carboxylic acids is 3. The van der Waals surface area contributed by atoms with Crippen LogP contribution in [-0.4, -0.2) is 35.1 Å². The number of ether oxygens (including phenoxy) is 2. The molecule has 0 saturated carbocycles. The SMILES string of the molecule is CCOc1cc(/C=C2\SC(=O)N(CC(=O)Nc3cccc(C(F)(F)F)c3)C2=O)cc(I)c1OCc1ccc2ccccc2c1. The Morgan fingerprint density at radius 2 is 1.75 bits per heavy atom. The maximum Gasteiger partial charge on any atom is 0.416 e. The Kier molecular flexibility index (Phi) is 9.49. The fourth-order valence-electron chi connectivity index (χ4n) is 4.46. The average molecular weight is 733 g/mol. The zero-order chi connectivity index (χ0) is 31.4. The van der Waals surface area contributed by atoms with E-state index in [9.17, 15) is 27.6 Å². The lowest BCUT2D eigenvalue weighted by Gasteiger charge is -2.15. The van der Waals surface area contributed by atoms with Crippen molar-refractivity contribution in [3.63, 3.8) is 0 Å². The number of benzene rings is 4. The van der Waals surface area contributed by atoms with Gasteiger partial charge in [0.2, 0.25) is 5.91 Å². The molecule has 0 radical (unpaired) electrons. The van der Waals surface area contributed by atoms with Gasteiger partial charge in [-0.15, -0.1) is 0 Å². The van der Waals surface area contributed by atoms with E-state index in [1.165, 1.54) is 12.1 Å². The number of fused-ring (bicyclic) bond motifs is 1. The quantitative estimate of drug-likeness (QED) is 0.138. The summed E-state index contributed by atoms with van der Waals surface area (Å²) in [6.07, 6.45) is -3.06. The highest BCUT2D eigenvalue weighted by Gasteiger charge is 2.36. The van der Waals surface area contributed by atoms with Crippen LogP contribution in [0, 0.1) is 3.57 Å². The Labute approximate surface area is 268 Å². The molecule has 0 aromatic heterocycles. The number of imide groups is 1. The number of thioether (sulfide) groups is 1. The lowest BCUT2D eigenvalue weighted by Crippen LogP contribution is -2.36. The molecular formula is C32H24F3IN2O5S. The summed E-state index contributed by atoms with van der Waals surface area (Å²) in [6, 6.07) is 21.7. The largest absolute Gasteiger partial charge is 0.490 e. The Hall–Kier alpha value is -4.04. The van der Waals surface area contributed by atoms with Crippen LogP contribution in [0.1, 0.15) is 23.6 Å². The fourth-order valence-corrected chi connectivity index (χ4v) is 6.08. The van der Waals surface area contributed by atoms with Crippen molar-refractivity contribution in [2.75, 3.05) is 18.5 Å². The van der Waals surface area contributed by atoms with Gasteiger partial charge in [-0.2, -0.15) is 13.2 Å². The number of nitrogens with one attached hydrogen (secondary N) is 1.